The summed E-state index contributed by atoms with van der Waals surface area (Å²) < 4.78 is 8.17. The molecule has 1 fully saturated rings. The molecule has 4 heteroatoms. The maximum Gasteiger partial charge on any atom is 0.219 e. The lowest BCUT2D eigenvalue weighted by Gasteiger charge is -2.33. The zero-order chi connectivity index (χ0) is 21.2. The van der Waals surface area contributed by atoms with Gasteiger partial charge in [-0.05, 0) is 73.7 Å². The molecule has 1 atom stereocenters. The highest BCUT2D eigenvalue weighted by atomic mass is 16.5. The molecular weight excluding hydrogens is 384 g/mol. The van der Waals surface area contributed by atoms with E-state index in [2.05, 4.69) is 36.1 Å². The number of ketones is 1. The first-order valence-corrected chi connectivity index (χ1v) is 11.5. The van der Waals surface area contributed by atoms with E-state index in [0.29, 0.717) is 18.0 Å². The largest absolute Gasteiger partial charge is 0.480 e. The predicted molar refractivity (Wildman–Crippen MR) is 123 cm³/mol. The van der Waals surface area contributed by atoms with Gasteiger partial charge in [0.05, 0.1) is 11.4 Å². The molecule has 0 radical (unpaired) electrons. The van der Waals surface area contributed by atoms with Crippen LogP contribution in [-0.4, -0.2) is 41.0 Å². The Balaban J connectivity index is 1.21. The molecule has 0 aliphatic carbocycles. The number of rotatable bonds is 5. The summed E-state index contributed by atoms with van der Waals surface area (Å²) in [7, 11) is 0. The summed E-state index contributed by atoms with van der Waals surface area (Å²) in [6.07, 6.45) is 5.67. The molecular formula is C27H30N2O2. The van der Waals surface area contributed by atoms with E-state index in [1.54, 1.807) is 0 Å². The fraction of sp³-hybridized carbons (Fsp3) is 0.370. The molecule has 5 rings (SSSR count). The van der Waals surface area contributed by atoms with E-state index < -0.39 is 6.10 Å². The fourth-order valence-corrected chi connectivity index (χ4v) is 4.92. The van der Waals surface area contributed by atoms with Crippen molar-refractivity contribution in [2.24, 2.45) is 0 Å². The molecule has 1 unspecified atom stereocenters. The van der Waals surface area contributed by atoms with E-state index in [1.807, 2.05) is 47.2 Å². The highest BCUT2D eigenvalue weighted by Crippen LogP contribution is 2.32. The van der Waals surface area contributed by atoms with Gasteiger partial charge in [0, 0.05) is 19.2 Å². The number of hydrogen-bond acceptors (Lipinski definition) is 3. The smallest absolute Gasteiger partial charge is 0.219 e. The average Bonchev–Trinajstić information content (AvgIpc) is 3.28. The van der Waals surface area contributed by atoms with Crippen LogP contribution in [0.4, 0.5) is 0 Å². The van der Waals surface area contributed by atoms with Crippen molar-refractivity contribution < 1.29 is 9.53 Å². The van der Waals surface area contributed by atoms with Crippen molar-refractivity contribution in [2.45, 2.75) is 44.6 Å². The van der Waals surface area contributed by atoms with E-state index in [-0.39, 0.29) is 5.78 Å². The van der Waals surface area contributed by atoms with Crippen molar-refractivity contribution in [3.8, 4) is 11.4 Å². The van der Waals surface area contributed by atoms with E-state index in [1.165, 1.54) is 24.0 Å². The molecule has 160 valence electrons. The van der Waals surface area contributed by atoms with Crippen LogP contribution in [0.15, 0.2) is 66.9 Å². The van der Waals surface area contributed by atoms with Crippen molar-refractivity contribution in [3.05, 3.63) is 83.7 Å². The van der Waals surface area contributed by atoms with Crippen molar-refractivity contribution in [2.75, 3.05) is 19.6 Å². The number of fused-ring (bicyclic) bond motifs is 3. The number of piperidine rings is 1. The molecule has 0 amide bonds. The molecule has 2 aromatic carbocycles. The van der Waals surface area contributed by atoms with Crippen LogP contribution in [0.2, 0.25) is 0 Å². The van der Waals surface area contributed by atoms with Crippen LogP contribution in [-0.2, 0) is 6.42 Å². The highest BCUT2D eigenvalue weighted by Gasteiger charge is 2.30. The monoisotopic (exact) mass is 414 g/mol. The molecule has 0 N–H and O–H groups in total. The molecule has 0 spiro atoms. The van der Waals surface area contributed by atoms with Crippen molar-refractivity contribution >= 4 is 5.78 Å². The van der Waals surface area contributed by atoms with Gasteiger partial charge in [-0.25, -0.2) is 0 Å². The Hall–Kier alpha value is -2.85. The number of nitrogens with zero attached hydrogens (tertiary/aromatic N) is 2. The third kappa shape index (κ3) is 4.05. The summed E-state index contributed by atoms with van der Waals surface area (Å²) in [6, 6.07) is 20.9. The molecule has 1 saturated heterocycles. The van der Waals surface area contributed by atoms with Gasteiger partial charge in [0.1, 0.15) is 5.75 Å². The standard InChI is InChI=1S/C27H30N2O2/c1-2-20-9-11-21(12-10-20)22-13-17-28(18-14-22)19-15-26-27(30)24-7-5-16-29(24)23-6-3-4-8-25(23)31-26/h3-12,16,22,26H,2,13-15,17-19H2,1H3. The maximum atomic E-state index is 13.2. The van der Waals surface area contributed by atoms with Crippen molar-refractivity contribution in [1.29, 1.82) is 0 Å². The molecule has 31 heavy (non-hydrogen) atoms. The van der Waals surface area contributed by atoms with Gasteiger partial charge >= 0.3 is 0 Å². The summed E-state index contributed by atoms with van der Waals surface area (Å²) in [4.78, 5) is 15.7. The number of carbonyl (C=O) groups excluding carboxylic acids is 1. The zero-order valence-electron chi connectivity index (χ0n) is 18.2. The lowest BCUT2D eigenvalue weighted by atomic mass is 9.88. The quantitative estimate of drug-likeness (QED) is 0.572. The van der Waals surface area contributed by atoms with Gasteiger partial charge in [-0.3, -0.25) is 4.79 Å². The normalized spacial score (nSPS) is 19.4. The Morgan fingerprint density at radius 3 is 2.52 bits per heavy atom. The van der Waals surface area contributed by atoms with Crippen LogP contribution in [0.3, 0.4) is 0 Å². The van der Waals surface area contributed by atoms with Gasteiger partial charge in [0.15, 0.2) is 6.10 Å². The van der Waals surface area contributed by atoms with Crippen LogP contribution in [0.5, 0.6) is 5.75 Å². The van der Waals surface area contributed by atoms with Gasteiger partial charge in [-0.1, -0.05) is 43.3 Å². The third-order valence-corrected chi connectivity index (χ3v) is 6.84. The number of hydrogen-bond donors (Lipinski definition) is 0. The fourth-order valence-electron chi connectivity index (χ4n) is 4.92. The molecule has 4 nitrogen and oxygen atoms in total. The minimum absolute atomic E-state index is 0.0760. The minimum Gasteiger partial charge on any atom is -0.480 e. The van der Waals surface area contributed by atoms with Crippen LogP contribution >= 0.6 is 0 Å². The second-order valence-corrected chi connectivity index (χ2v) is 8.70. The molecule has 2 aliphatic heterocycles. The van der Waals surface area contributed by atoms with Gasteiger partial charge in [-0.2, -0.15) is 0 Å². The van der Waals surface area contributed by atoms with Gasteiger partial charge in [0.25, 0.3) is 0 Å². The predicted octanol–water partition coefficient (Wildman–Crippen LogP) is 5.25. The van der Waals surface area contributed by atoms with Gasteiger partial charge < -0.3 is 14.2 Å². The lowest BCUT2D eigenvalue weighted by molar-refractivity contribution is 0.0750. The first kappa shape index (κ1) is 20.1. The SMILES string of the molecule is CCc1ccc(C2CCN(CCC3Oc4ccccc4-n4cccc4C3=O)CC2)cc1. The molecule has 3 heterocycles. The summed E-state index contributed by atoms with van der Waals surface area (Å²) in [5.74, 6) is 1.50. The lowest BCUT2D eigenvalue weighted by Crippen LogP contribution is -2.37. The topological polar surface area (TPSA) is 34.5 Å². The Labute approximate surface area is 184 Å². The van der Waals surface area contributed by atoms with Gasteiger partial charge in [-0.15, -0.1) is 0 Å². The summed E-state index contributed by atoms with van der Waals surface area (Å²) in [5.41, 5.74) is 4.52. The summed E-state index contributed by atoms with van der Waals surface area (Å²) in [6.45, 7) is 5.25. The minimum atomic E-state index is -0.434. The number of Topliss-reactive ketones (excluding diaryl/α,β-unsaturated/α-hetero) is 1. The summed E-state index contributed by atoms with van der Waals surface area (Å²) in [5, 5.41) is 0. The second-order valence-electron chi connectivity index (χ2n) is 8.70. The van der Waals surface area contributed by atoms with Crippen LogP contribution in [0, 0.1) is 0 Å². The molecule has 1 aromatic heterocycles. The zero-order valence-corrected chi connectivity index (χ0v) is 18.2. The maximum absolute atomic E-state index is 13.2. The molecule has 3 aromatic rings. The molecule has 2 aliphatic rings. The number of benzene rings is 2. The van der Waals surface area contributed by atoms with Crippen molar-refractivity contribution in [3.63, 3.8) is 0 Å². The average molecular weight is 415 g/mol. The van der Waals surface area contributed by atoms with Crippen LogP contribution in [0.1, 0.15) is 53.7 Å². The Kier molecular flexibility index (Phi) is 5.65. The highest BCUT2D eigenvalue weighted by molar-refractivity contribution is 5.99. The second kappa shape index (κ2) is 8.72. The third-order valence-electron chi connectivity index (χ3n) is 6.84. The Morgan fingerprint density at radius 2 is 1.74 bits per heavy atom. The van der Waals surface area contributed by atoms with Crippen LogP contribution < -0.4 is 4.74 Å². The number of likely N-dealkylation sites (tertiary alicyclic amines) is 1. The Morgan fingerprint density at radius 1 is 0.968 bits per heavy atom. The first-order chi connectivity index (χ1) is 15.2. The number of para-hydroxylation sites is 2. The van der Waals surface area contributed by atoms with E-state index in [9.17, 15) is 4.79 Å². The van der Waals surface area contributed by atoms with Crippen molar-refractivity contribution in [1.82, 2.24) is 9.47 Å². The molecule has 0 bridgehead atoms. The summed E-state index contributed by atoms with van der Waals surface area (Å²) >= 11 is 0. The number of ether oxygens (including phenoxy) is 1. The molecule has 0 saturated carbocycles. The van der Waals surface area contributed by atoms with E-state index >= 15 is 0 Å². The first-order valence-electron chi connectivity index (χ1n) is 11.5. The van der Waals surface area contributed by atoms with E-state index in [0.717, 1.165) is 37.5 Å². The Bertz CT molecular complexity index is 1050. The number of aryl methyl sites for hydroxylation is 1. The van der Waals surface area contributed by atoms with Crippen LogP contribution in [0.25, 0.3) is 5.69 Å². The van der Waals surface area contributed by atoms with Gasteiger partial charge in [0.2, 0.25) is 5.78 Å². The number of aromatic nitrogens is 1. The van der Waals surface area contributed by atoms with E-state index in [4.69, 9.17) is 4.74 Å². The number of carbonyl (C=O) groups is 1.